The van der Waals surface area contributed by atoms with Crippen LogP contribution in [-0.2, 0) is 9.47 Å². The van der Waals surface area contributed by atoms with E-state index >= 15 is 0 Å². The van der Waals surface area contributed by atoms with E-state index in [1.165, 1.54) is 34.2 Å². The number of ether oxygens (including phenoxy) is 2. The van der Waals surface area contributed by atoms with Crippen molar-refractivity contribution in [1.82, 2.24) is 30.2 Å². The first kappa shape index (κ1) is 27.8. The topological polar surface area (TPSA) is 157 Å². The second kappa shape index (κ2) is 11.5. The molecule has 0 saturated heterocycles. The Hall–Kier alpha value is -5.33. The molecule has 2 aliphatic rings. The van der Waals surface area contributed by atoms with E-state index in [9.17, 15) is 19.2 Å². The number of hydrogen-bond donors (Lipinski definition) is 2. The molecule has 3 heterocycles. The molecule has 3 amide bonds. The van der Waals surface area contributed by atoms with Gasteiger partial charge >= 0.3 is 12.1 Å². The molecule has 1 aromatic carbocycles. The lowest BCUT2D eigenvalue weighted by Gasteiger charge is -2.24. The lowest BCUT2D eigenvalue weighted by atomic mass is 10.1. The fraction of sp³-hybridized carbons (Fsp3) is 0.300. The normalized spacial score (nSPS) is 14.2. The average molecular weight is 584 g/mol. The summed E-state index contributed by atoms with van der Waals surface area (Å²) < 4.78 is 12.0. The number of nitrogens with one attached hydrogen (secondary N) is 2. The number of carbonyl (C=O) groups is 4. The molecule has 2 N–H and O–H groups in total. The highest BCUT2D eigenvalue weighted by Crippen LogP contribution is 2.34. The maximum Gasteiger partial charge on any atom is 0.423 e. The van der Waals surface area contributed by atoms with Gasteiger partial charge in [0.25, 0.3) is 11.8 Å². The molecule has 3 aromatic heterocycles. The van der Waals surface area contributed by atoms with Gasteiger partial charge in [-0.15, -0.1) is 0 Å². The second-order valence-corrected chi connectivity index (χ2v) is 10.6. The molecule has 0 unspecified atom stereocenters. The number of carbonyl (C=O) groups excluding carboxylic acids is 4. The van der Waals surface area contributed by atoms with Gasteiger partial charge in [-0.1, -0.05) is 6.07 Å². The molecular formula is C30H29N7O6. The van der Waals surface area contributed by atoms with Crippen LogP contribution in [0.4, 0.5) is 16.3 Å². The predicted molar refractivity (Wildman–Crippen MR) is 153 cm³/mol. The molecule has 2 aliphatic carbocycles. The van der Waals surface area contributed by atoms with Crippen LogP contribution < -0.4 is 15.5 Å². The van der Waals surface area contributed by atoms with E-state index in [1.807, 2.05) is 0 Å². The number of aromatic nitrogens is 4. The van der Waals surface area contributed by atoms with Gasteiger partial charge in [0.15, 0.2) is 5.82 Å². The predicted octanol–water partition coefficient (Wildman–Crippen LogP) is 3.61. The van der Waals surface area contributed by atoms with Gasteiger partial charge in [0.05, 0.1) is 16.8 Å². The lowest BCUT2D eigenvalue weighted by molar-refractivity contribution is -0.000111. The Morgan fingerprint density at radius 1 is 0.977 bits per heavy atom. The van der Waals surface area contributed by atoms with E-state index in [0.29, 0.717) is 33.5 Å². The Bertz CT molecular complexity index is 1730. The molecular weight excluding hydrogens is 554 g/mol. The first-order chi connectivity index (χ1) is 20.8. The molecule has 220 valence electrons. The summed E-state index contributed by atoms with van der Waals surface area (Å²) in [6.45, 7) is 2.83. The van der Waals surface area contributed by atoms with E-state index in [2.05, 4.69) is 25.7 Å². The number of pyridine rings is 1. The van der Waals surface area contributed by atoms with Crippen molar-refractivity contribution >= 4 is 40.9 Å². The summed E-state index contributed by atoms with van der Waals surface area (Å²) in [7, 11) is 0. The molecule has 0 bridgehead atoms. The molecule has 0 aliphatic heterocycles. The highest BCUT2D eigenvalue weighted by atomic mass is 16.7. The van der Waals surface area contributed by atoms with Crippen LogP contribution in [0.15, 0.2) is 55.2 Å². The molecule has 13 heteroatoms. The van der Waals surface area contributed by atoms with Gasteiger partial charge in [-0.05, 0) is 74.9 Å². The quantitative estimate of drug-likeness (QED) is 0.222. The van der Waals surface area contributed by atoms with E-state index in [1.54, 1.807) is 44.3 Å². The number of rotatable bonds is 9. The first-order valence-corrected chi connectivity index (χ1v) is 13.9. The van der Waals surface area contributed by atoms with Crippen molar-refractivity contribution in [2.75, 3.05) is 11.7 Å². The minimum atomic E-state index is -0.924. The molecule has 0 spiro atoms. The fourth-order valence-electron chi connectivity index (χ4n) is 4.58. The van der Waals surface area contributed by atoms with Crippen LogP contribution in [0.1, 0.15) is 67.9 Å². The third kappa shape index (κ3) is 6.01. The van der Waals surface area contributed by atoms with Gasteiger partial charge < -0.3 is 20.1 Å². The number of benzene rings is 1. The third-order valence-corrected chi connectivity index (χ3v) is 7.25. The van der Waals surface area contributed by atoms with Crippen LogP contribution in [0.2, 0.25) is 0 Å². The van der Waals surface area contributed by atoms with Crippen molar-refractivity contribution in [3.05, 3.63) is 83.1 Å². The largest absolute Gasteiger partial charge is 0.424 e. The molecule has 43 heavy (non-hydrogen) atoms. The van der Waals surface area contributed by atoms with Crippen molar-refractivity contribution in [2.24, 2.45) is 0 Å². The minimum absolute atomic E-state index is 0.115. The number of fused-ring (bicyclic) bond motifs is 1. The van der Waals surface area contributed by atoms with Crippen molar-refractivity contribution < 1.29 is 28.7 Å². The van der Waals surface area contributed by atoms with Gasteiger partial charge in [-0.25, -0.2) is 24.0 Å². The van der Waals surface area contributed by atoms with Gasteiger partial charge in [0.1, 0.15) is 11.8 Å². The van der Waals surface area contributed by atoms with Crippen molar-refractivity contribution in [1.29, 1.82) is 0 Å². The fourth-order valence-corrected chi connectivity index (χ4v) is 4.58. The molecule has 2 fully saturated rings. The van der Waals surface area contributed by atoms with Crippen LogP contribution in [0.5, 0.6) is 0 Å². The maximum atomic E-state index is 13.8. The number of esters is 1. The molecule has 6 rings (SSSR count). The van der Waals surface area contributed by atoms with Gasteiger partial charge in [0.2, 0.25) is 6.79 Å². The Morgan fingerprint density at radius 2 is 1.72 bits per heavy atom. The van der Waals surface area contributed by atoms with Gasteiger partial charge in [-0.3, -0.25) is 14.6 Å². The standard InChI is InChI=1S/C30H29N7O6/c1-17-5-6-19(27(38)34-21-7-8-21)12-24(17)37(30(41)43-16-42-29(40)20-4-3-11-31-13-20)26-25-18(2)23(14-36(25)33-15-32-26)28(39)35-22-9-10-22/h3-6,11-15,21-22H,7-10,16H2,1-2H3,(H,34,38)(H,35,39). The minimum Gasteiger partial charge on any atom is -0.424 e. The van der Waals surface area contributed by atoms with Gasteiger partial charge in [-0.2, -0.15) is 5.10 Å². The van der Waals surface area contributed by atoms with E-state index < -0.39 is 18.9 Å². The summed E-state index contributed by atoms with van der Waals surface area (Å²) in [5.41, 5.74) is 2.82. The summed E-state index contributed by atoms with van der Waals surface area (Å²) in [5, 5.41) is 10.2. The van der Waals surface area contributed by atoms with Crippen LogP contribution in [0.25, 0.3) is 5.52 Å². The Morgan fingerprint density at radius 3 is 2.42 bits per heavy atom. The van der Waals surface area contributed by atoms with Crippen LogP contribution >= 0.6 is 0 Å². The highest BCUT2D eigenvalue weighted by Gasteiger charge is 2.31. The van der Waals surface area contributed by atoms with Crippen LogP contribution in [-0.4, -0.2) is 62.3 Å². The number of anilines is 2. The number of hydrogen-bond acceptors (Lipinski definition) is 9. The van der Waals surface area contributed by atoms with E-state index in [4.69, 9.17) is 9.47 Å². The van der Waals surface area contributed by atoms with E-state index in [0.717, 1.165) is 25.7 Å². The summed E-state index contributed by atoms with van der Waals surface area (Å²) in [6, 6.07) is 8.36. The van der Waals surface area contributed by atoms with Crippen molar-refractivity contribution in [3.8, 4) is 0 Å². The molecule has 13 nitrogen and oxygen atoms in total. The summed E-state index contributed by atoms with van der Waals surface area (Å²) in [6.07, 6.45) is 8.46. The second-order valence-electron chi connectivity index (χ2n) is 10.6. The smallest absolute Gasteiger partial charge is 0.423 e. The van der Waals surface area contributed by atoms with Crippen LogP contribution in [0.3, 0.4) is 0 Å². The summed E-state index contributed by atoms with van der Waals surface area (Å²) in [4.78, 5) is 61.6. The summed E-state index contributed by atoms with van der Waals surface area (Å²) in [5.74, 6) is -1.12. The maximum absolute atomic E-state index is 13.8. The summed E-state index contributed by atoms with van der Waals surface area (Å²) >= 11 is 0. The molecule has 0 radical (unpaired) electrons. The van der Waals surface area contributed by atoms with Crippen molar-refractivity contribution in [2.45, 2.75) is 51.6 Å². The monoisotopic (exact) mass is 583 g/mol. The Labute approximate surface area is 246 Å². The molecule has 0 atom stereocenters. The highest BCUT2D eigenvalue weighted by molar-refractivity contribution is 6.05. The lowest BCUT2D eigenvalue weighted by Crippen LogP contribution is -2.31. The van der Waals surface area contributed by atoms with Crippen molar-refractivity contribution in [3.63, 3.8) is 0 Å². The number of nitrogens with zero attached hydrogens (tertiary/aromatic N) is 5. The molecule has 4 aromatic rings. The first-order valence-electron chi connectivity index (χ1n) is 13.9. The Balaban J connectivity index is 1.36. The Kier molecular flexibility index (Phi) is 7.45. The SMILES string of the molecule is Cc1ccc(C(=O)NC2CC2)cc1N(C(=O)OCOC(=O)c1cccnc1)c1ncnn2cc(C(=O)NC3CC3)c(C)c12. The number of amides is 3. The van der Waals surface area contributed by atoms with Gasteiger partial charge in [0, 0.05) is 36.2 Å². The zero-order chi connectivity index (χ0) is 30.1. The average Bonchev–Trinajstić information content (AvgIpc) is 3.95. The van der Waals surface area contributed by atoms with E-state index in [-0.39, 0.29) is 35.3 Å². The molecule has 2 saturated carbocycles. The zero-order valence-electron chi connectivity index (χ0n) is 23.6. The third-order valence-electron chi connectivity index (χ3n) is 7.25. The van der Waals surface area contributed by atoms with Crippen LogP contribution in [0, 0.1) is 13.8 Å². The zero-order valence-corrected chi connectivity index (χ0v) is 23.6. The number of aryl methyl sites for hydroxylation is 2.